The molecule has 3 aromatic rings. The average Bonchev–Trinajstić information content (AvgIpc) is 2.93. The van der Waals surface area contributed by atoms with Gasteiger partial charge in [-0.15, -0.1) is 0 Å². The number of carbonyl (C=O) groups is 2. The number of amides is 1. The second-order valence-electron chi connectivity index (χ2n) is 8.01. The van der Waals surface area contributed by atoms with E-state index >= 15 is 0 Å². The van der Waals surface area contributed by atoms with Gasteiger partial charge in [-0.25, -0.2) is 23.2 Å². The van der Waals surface area contributed by atoms with Gasteiger partial charge in [0.25, 0.3) is 15.9 Å². The minimum atomic E-state index is -5.51. The maximum Gasteiger partial charge on any atom is 0.492 e. The Hall–Kier alpha value is -4.68. The Morgan fingerprint density at radius 1 is 1.02 bits per heavy atom. The SMILES string of the molecule is NC(=NCCN(OC(=O)C(F)(F)F)S(=O)(=O)c1ccc(OCc2ccccc2)cc1)NC(=O)c1nc(Cl)c(N)nc1N. The summed E-state index contributed by atoms with van der Waals surface area (Å²) in [5.41, 5.74) is 17.0. The summed E-state index contributed by atoms with van der Waals surface area (Å²) in [7, 11) is -4.84. The molecule has 224 valence electrons. The Bertz CT molecular complexity index is 1580. The number of nitrogen functional groups attached to an aromatic ring is 2. The number of nitrogens with two attached hydrogens (primary N) is 3. The predicted octanol–water partition coefficient (Wildman–Crippen LogP) is 1.63. The monoisotopic (exact) mass is 630 g/mol. The van der Waals surface area contributed by atoms with Crippen LogP contribution in [0, 0.1) is 0 Å². The molecule has 7 N–H and O–H groups in total. The van der Waals surface area contributed by atoms with Crippen LogP contribution < -0.4 is 27.3 Å². The van der Waals surface area contributed by atoms with Crippen molar-refractivity contribution in [2.45, 2.75) is 17.7 Å². The lowest BCUT2D eigenvalue weighted by atomic mass is 10.2. The van der Waals surface area contributed by atoms with Gasteiger partial charge < -0.3 is 26.8 Å². The van der Waals surface area contributed by atoms with Crippen LogP contribution in [-0.2, 0) is 26.3 Å². The highest BCUT2D eigenvalue weighted by Gasteiger charge is 2.44. The summed E-state index contributed by atoms with van der Waals surface area (Å²) in [6.45, 7) is -1.43. The van der Waals surface area contributed by atoms with Crippen molar-refractivity contribution >= 4 is 51.1 Å². The third kappa shape index (κ3) is 8.41. The van der Waals surface area contributed by atoms with Crippen molar-refractivity contribution < 1.29 is 40.8 Å². The lowest BCUT2D eigenvalue weighted by Gasteiger charge is -2.21. The first-order chi connectivity index (χ1) is 19.7. The van der Waals surface area contributed by atoms with Gasteiger partial charge in [0.2, 0.25) is 0 Å². The van der Waals surface area contributed by atoms with E-state index in [0.717, 1.165) is 17.7 Å². The average molecular weight is 631 g/mol. The van der Waals surface area contributed by atoms with Crippen molar-refractivity contribution in [3.8, 4) is 5.75 Å². The number of guanidine groups is 1. The lowest BCUT2D eigenvalue weighted by Crippen LogP contribution is -2.41. The van der Waals surface area contributed by atoms with Crippen molar-refractivity contribution in [2.75, 3.05) is 24.6 Å². The number of nitrogens with zero attached hydrogens (tertiary/aromatic N) is 4. The largest absolute Gasteiger partial charge is 0.492 e. The maximum absolute atomic E-state index is 13.1. The highest BCUT2D eigenvalue weighted by Crippen LogP contribution is 2.24. The summed E-state index contributed by atoms with van der Waals surface area (Å²) in [4.78, 5) is 38.3. The Labute approximate surface area is 241 Å². The second kappa shape index (κ2) is 13.3. The van der Waals surface area contributed by atoms with Gasteiger partial charge in [-0.1, -0.05) is 41.9 Å². The van der Waals surface area contributed by atoms with E-state index in [4.69, 9.17) is 33.5 Å². The minimum Gasteiger partial charge on any atom is -0.489 e. The number of nitrogens with one attached hydrogen (secondary N) is 1. The van der Waals surface area contributed by atoms with Gasteiger partial charge in [0.05, 0.1) is 18.0 Å². The standard InChI is InChI=1S/C23H22ClF3N8O6S/c24-17-19(29)33-18(28)16(32-17)20(36)34-22(30)31-10-11-35(41-21(37)23(25,26)27)42(38,39)15-8-6-14(7-9-15)40-12-13-4-2-1-3-5-13/h1-9H,10-12H2,(H4,28,29,33)(H3,30,31,34,36). The minimum absolute atomic E-state index is 0.169. The van der Waals surface area contributed by atoms with Crippen LogP contribution in [0.4, 0.5) is 24.8 Å². The van der Waals surface area contributed by atoms with Crippen LogP contribution in [-0.4, -0.2) is 60.0 Å². The molecular weight excluding hydrogens is 609 g/mol. The molecule has 0 spiro atoms. The molecule has 0 aliphatic carbocycles. The summed E-state index contributed by atoms with van der Waals surface area (Å²) >= 11 is 5.71. The molecule has 1 amide bonds. The quantitative estimate of drug-likeness (QED) is 0.143. The van der Waals surface area contributed by atoms with Crippen LogP contribution in [0.2, 0.25) is 5.15 Å². The van der Waals surface area contributed by atoms with Crippen molar-refractivity contribution in [1.29, 1.82) is 0 Å². The molecule has 3 rings (SSSR count). The third-order valence-corrected chi connectivity index (χ3v) is 6.92. The van der Waals surface area contributed by atoms with E-state index in [0.29, 0.717) is 0 Å². The molecule has 2 aromatic carbocycles. The molecule has 0 bridgehead atoms. The molecule has 42 heavy (non-hydrogen) atoms. The molecule has 0 saturated heterocycles. The second-order valence-corrected chi connectivity index (χ2v) is 10.2. The topological polar surface area (TPSA) is 218 Å². The van der Waals surface area contributed by atoms with E-state index in [-0.39, 0.29) is 27.8 Å². The van der Waals surface area contributed by atoms with Gasteiger partial charge in [0.15, 0.2) is 28.4 Å². The number of carbonyl (C=O) groups excluding carboxylic acids is 2. The van der Waals surface area contributed by atoms with Crippen LogP contribution in [0.5, 0.6) is 5.75 Å². The maximum atomic E-state index is 13.1. The van der Waals surface area contributed by atoms with Crippen molar-refractivity contribution in [3.63, 3.8) is 0 Å². The Balaban J connectivity index is 1.73. The first-order valence-corrected chi connectivity index (χ1v) is 13.3. The number of aliphatic imine (C=N–C) groups is 1. The molecule has 1 aromatic heterocycles. The first-order valence-electron chi connectivity index (χ1n) is 11.5. The number of hydrogen-bond acceptors (Lipinski definition) is 11. The fraction of sp³-hybridized carbons (Fsp3) is 0.174. The number of ether oxygens (including phenoxy) is 1. The zero-order valence-electron chi connectivity index (χ0n) is 21.2. The molecule has 19 heteroatoms. The van der Waals surface area contributed by atoms with Crippen LogP contribution >= 0.6 is 11.6 Å². The van der Waals surface area contributed by atoms with Crippen LogP contribution in [0.25, 0.3) is 0 Å². The smallest absolute Gasteiger partial charge is 0.489 e. The number of halogens is 4. The summed E-state index contributed by atoms with van der Waals surface area (Å²) in [5.74, 6) is -4.81. The predicted molar refractivity (Wildman–Crippen MR) is 143 cm³/mol. The molecular formula is C23H22ClF3N8O6S. The van der Waals surface area contributed by atoms with E-state index < -0.39 is 63.5 Å². The van der Waals surface area contributed by atoms with Gasteiger partial charge in [-0.2, -0.15) is 13.2 Å². The summed E-state index contributed by atoms with van der Waals surface area (Å²) in [6, 6.07) is 13.7. The number of rotatable bonds is 10. The van der Waals surface area contributed by atoms with E-state index in [1.54, 1.807) is 12.1 Å². The number of anilines is 2. The summed E-state index contributed by atoms with van der Waals surface area (Å²) < 4.78 is 70.1. The normalized spacial score (nSPS) is 12.2. The van der Waals surface area contributed by atoms with E-state index in [2.05, 4.69) is 25.1 Å². The molecule has 0 saturated carbocycles. The van der Waals surface area contributed by atoms with Gasteiger partial charge in [0, 0.05) is 0 Å². The number of aromatic nitrogens is 2. The Morgan fingerprint density at radius 3 is 2.29 bits per heavy atom. The van der Waals surface area contributed by atoms with E-state index in [9.17, 15) is 31.2 Å². The number of hydroxylamine groups is 1. The molecule has 1 heterocycles. The van der Waals surface area contributed by atoms with Gasteiger partial charge in [-0.3, -0.25) is 15.1 Å². The molecule has 0 aliphatic rings. The fourth-order valence-corrected chi connectivity index (χ4v) is 4.33. The molecule has 0 aliphatic heterocycles. The van der Waals surface area contributed by atoms with Gasteiger partial charge in [-0.05, 0) is 34.3 Å². The first kappa shape index (κ1) is 31.8. The zero-order chi connectivity index (χ0) is 31.1. The van der Waals surface area contributed by atoms with Gasteiger partial charge in [0.1, 0.15) is 12.4 Å². The molecule has 0 atom stereocenters. The highest BCUT2D eigenvalue weighted by atomic mass is 35.5. The third-order valence-electron chi connectivity index (χ3n) is 4.98. The molecule has 0 radical (unpaired) electrons. The molecule has 14 nitrogen and oxygen atoms in total. The number of hydrogen-bond donors (Lipinski definition) is 4. The highest BCUT2D eigenvalue weighted by molar-refractivity contribution is 7.89. The van der Waals surface area contributed by atoms with Gasteiger partial charge >= 0.3 is 12.1 Å². The van der Waals surface area contributed by atoms with E-state index in [1.807, 2.05) is 18.2 Å². The molecule has 0 unspecified atom stereocenters. The summed E-state index contributed by atoms with van der Waals surface area (Å²) in [5, 5.41) is 1.73. The van der Waals surface area contributed by atoms with Crippen molar-refractivity contribution in [2.24, 2.45) is 10.7 Å². The van der Waals surface area contributed by atoms with Crippen molar-refractivity contribution in [1.82, 2.24) is 19.8 Å². The summed E-state index contributed by atoms with van der Waals surface area (Å²) in [6.07, 6.45) is -5.51. The van der Waals surface area contributed by atoms with Crippen LogP contribution in [0.15, 0.2) is 64.5 Å². The Morgan fingerprint density at radius 2 is 1.67 bits per heavy atom. The molecule has 0 fully saturated rings. The van der Waals surface area contributed by atoms with Crippen LogP contribution in [0.3, 0.4) is 0 Å². The lowest BCUT2D eigenvalue weighted by molar-refractivity contribution is -0.222. The Kier molecular flexibility index (Phi) is 10.1. The van der Waals surface area contributed by atoms with Crippen LogP contribution in [0.1, 0.15) is 16.1 Å². The number of alkyl halides is 3. The van der Waals surface area contributed by atoms with E-state index in [1.165, 1.54) is 12.1 Å². The van der Waals surface area contributed by atoms with Crippen molar-refractivity contribution in [3.05, 3.63) is 71.0 Å². The number of sulfonamides is 1. The number of benzene rings is 2. The zero-order valence-corrected chi connectivity index (χ0v) is 22.8. The fourth-order valence-electron chi connectivity index (χ4n) is 3.00.